The maximum absolute atomic E-state index is 13.8. The first-order valence-corrected chi connectivity index (χ1v) is 13.3. The van der Waals surface area contributed by atoms with E-state index in [0.29, 0.717) is 12.8 Å². The number of hydrogen-bond acceptors (Lipinski definition) is 4. The molecular formula is C31H34N4O3. The Balaban J connectivity index is 1.43. The summed E-state index contributed by atoms with van der Waals surface area (Å²) in [6.45, 7) is 1.79. The molecule has 1 saturated heterocycles. The van der Waals surface area contributed by atoms with Crippen molar-refractivity contribution in [2.24, 2.45) is 0 Å². The lowest BCUT2D eigenvalue weighted by molar-refractivity contribution is -0.141. The summed E-state index contributed by atoms with van der Waals surface area (Å²) in [6.07, 6.45) is 1.39. The number of nitrogens with zero attached hydrogens (tertiary/aromatic N) is 1. The Morgan fingerprint density at radius 3 is 2.03 bits per heavy atom. The summed E-state index contributed by atoms with van der Waals surface area (Å²) >= 11 is 0. The maximum atomic E-state index is 13.8. The molecule has 2 aliphatic rings. The summed E-state index contributed by atoms with van der Waals surface area (Å²) in [4.78, 5) is 42.0. The lowest BCUT2D eigenvalue weighted by atomic mass is 9.94. The van der Waals surface area contributed by atoms with Crippen molar-refractivity contribution >= 4 is 17.7 Å². The molecule has 38 heavy (non-hydrogen) atoms. The predicted octanol–water partition coefficient (Wildman–Crippen LogP) is 3.79. The van der Waals surface area contributed by atoms with Crippen molar-refractivity contribution in [2.45, 2.75) is 56.4 Å². The average Bonchev–Trinajstić information content (AvgIpc) is 3.37. The van der Waals surface area contributed by atoms with E-state index in [1.165, 1.54) is 0 Å². The van der Waals surface area contributed by atoms with Crippen LogP contribution in [0.2, 0.25) is 0 Å². The summed E-state index contributed by atoms with van der Waals surface area (Å²) in [5.41, 5.74) is 3.90. The molecule has 0 saturated carbocycles. The Kier molecular flexibility index (Phi) is 7.56. The van der Waals surface area contributed by atoms with Crippen molar-refractivity contribution < 1.29 is 14.4 Å². The van der Waals surface area contributed by atoms with E-state index in [2.05, 4.69) is 16.0 Å². The Morgan fingerprint density at radius 1 is 0.842 bits per heavy atom. The number of rotatable bonds is 7. The van der Waals surface area contributed by atoms with Gasteiger partial charge in [0, 0.05) is 0 Å². The first-order valence-electron chi connectivity index (χ1n) is 13.3. The second-order valence-electron chi connectivity index (χ2n) is 10.1. The van der Waals surface area contributed by atoms with E-state index in [1.807, 2.05) is 84.9 Å². The summed E-state index contributed by atoms with van der Waals surface area (Å²) in [6, 6.07) is 25.7. The van der Waals surface area contributed by atoms with E-state index in [0.717, 1.165) is 22.3 Å². The van der Waals surface area contributed by atoms with Gasteiger partial charge in [-0.05, 0) is 49.1 Å². The van der Waals surface area contributed by atoms with Crippen LogP contribution in [0.3, 0.4) is 0 Å². The highest BCUT2D eigenvalue weighted by atomic mass is 16.2. The molecule has 2 heterocycles. The maximum Gasteiger partial charge on any atom is 0.243 e. The van der Waals surface area contributed by atoms with Crippen molar-refractivity contribution in [1.29, 1.82) is 0 Å². The Morgan fingerprint density at radius 2 is 1.42 bits per heavy atom. The van der Waals surface area contributed by atoms with Gasteiger partial charge in [0.25, 0.3) is 0 Å². The van der Waals surface area contributed by atoms with Crippen LogP contribution in [-0.4, -0.2) is 41.8 Å². The van der Waals surface area contributed by atoms with Crippen LogP contribution in [0.25, 0.3) is 0 Å². The second-order valence-corrected chi connectivity index (χ2v) is 10.1. The zero-order chi connectivity index (χ0) is 26.6. The van der Waals surface area contributed by atoms with Crippen LogP contribution in [0.15, 0.2) is 84.9 Å². The highest BCUT2D eigenvalue weighted by Gasteiger charge is 2.45. The van der Waals surface area contributed by atoms with E-state index in [4.69, 9.17) is 0 Å². The molecule has 7 heteroatoms. The average molecular weight is 511 g/mol. The van der Waals surface area contributed by atoms with Gasteiger partial charge in [-0.2, -0.15) is 0 Å². The van der Waals surface area contributed by atoms with Gasteiger partial charge in [-0.3, -0.25) is 14.4 Å². The Labute approximate surface area is 223 Å². The molecule has 3 amide bonds. The van der Waals surface area contributed by atoms with Gasteiger partial charge in [-0.15, -0.1) is 0 Å². The standard InChI is InChI=1S/C31H34N4O3/c1-20(32-2)30(37)33-25-19-28(36)35-26(24-16-10-9-15-23(24)25)17-18-27(35)31(38)34-29(21-11-5-3-6-12-21)22-13-7-4-8-14-22/h3-16,20,25-27,29,32H,17-19H2,1-2H3,(H,33,37)(H,34,38)/t20-,25+,26+,27-/m0/s1. The van der Waals surface area contributed by atoms with Crippen LogP contribution in [0, 0.1) is 0 Å². The smallest absolute Gasteiger partial charge is 0.243 e. The normalized spacial score (nSPS) is 21.3. The van der Waals surface area contributed by atoms with Crippen molar-refractivity contribution in [3.63, 3.8) is 0 Å². The van der Waals surface area contributed by atoms with Gasteiger partial charge in [0.1, 0.15) is 6.04 Å². The van der Waals surface area contributed by atoms with E-state index < -0.39 is 12.1 Å². The molecule has 196 valence electrons. The molecule has 3 aromatic rings. The summed E-state index contributed by atoms with van der Waals surface area (Å²) in [7, 11) is 1.73. The Bertz CT molecular complexity index is 1260. The van der Waals surface area contributed by atoms with Gasteiger partial charge >= 0.3 is 0 Å². The van der Waals surface area contributed by atoms with Crippen molar-refractivity contribution in [1.82, 2.24) is 20.9 Å². The van der Waals surface area contributed by atoms with Gasteiger partial charge in [0.15, 0.2) is 0 Å². The molecule has 2 aliphatic heterocycles. The third-order valence-electron chi connectivity index (χ3n) is 7.78. The zero-order valence-corrected chi connectivity index (χ0v) is 21.8. The molecule has 0 bridgehead atoms. The molecule has 0 radical (unpaired) electrons. The lowest BCUT2D eigenvalue weighted by Crippen LogP contribution is -2.48. The number of benzene rings is 3. The molecule has 7 nitrogen and oxygen atoms in total. The molecule has 4 atom stereocenters. The number of carbonyl (C=O) groups is 3. The molecule has 0 aromatic heterocycles. The number of nitrogens with one attached hydrogen (secondary N) is 3. The fourth-order valence-corrected chi connectivity index (χ4v) is 5.69. The van der Waals surface area contributed by atoms with Crippen LogP contribution < -0.4 is 16.0 Å². The fourth-order valence-electron chi connectivity index (χ4n) is 5.69. The van der Waals surface area contributed by atoms with Gasteiger partial charge in [-0.1, -0.05) is 84.9 Å². The zero-order valence-electron chi connectivity index (χ0n) is 21.8. The Hall–Kier alpha value is -3.97. The fraction of sp³-hybridized carbons (Fsp3) is 0.323. The van der Waals surface area contributed by atoms with Gasteiger partial charge < -0.3 is 20.9 Å². The number of carbonyl (C=O) groups excluding carboxylic acids is 3. The minimum absolute atomic E-state index is 0.111. The predicted molar refractivity (Wildman–Crippen MR) is 146 cm³/mol. The third-order valence-corrected chi connectivity index (χ3v) is 7.78. The van der Waals surface area contributed by atoms with Crippen LogP contribution in [-0.2, 0) is 14.4 Å². The monoisotopic (exact) mass is 510 g/mol. The van der Waals surface area contributed by atoms with Gasteiger partial charge in [0.05, 0.1) is 30.6 Å². The van der Waals surface area contributed by atoms with E-state index in [1.54, 1.807) is 18.9 Å². The van der Waals surface area contributed by atoms with Crippen LogP contribution in [0.4, 0.5) is 0 Å². The van der Waals surface area contributed by atoms with Gasteiger partial charge in [-0.25, -0.2) is 0 Å². The van der Waals surface area contributed by atoms with Gasteiger partial charge in [0.2, 0.25) is 17.7 Å². The topological polar surface area (TPSA) is 90.5 Å². The van der Waals surface area contributed by atoms with Crippen LogP contribution in [0.5, 0.6) is 0 Å². The summed E-state index contributed by atoms with van der Waals surface area (Å²) in [5, 5.41) is 9.25. The molecule has 5 rings (SSSR count). The third kappa shape index (κ3) is 5.07. The lowest BCUT2D eigenvalue weighted by Gasteiger charge is -2.30. The highest BCUT2D eigenvalue weighted by molar-refractivity contribution is 5.90. The first-order chi connectivity index (χ1) is 18.5. The van der Waals surface area contributed by atoms with Crippen molar-refractivity contribution in [3.05, 3.63) is 107 Å². The summed E-state index contributed by atoms with van der Waals surface area (Å²) < 4.78 is 0. The molecule has 1 fully saturated rings. The minimum atomic E-state index is -0.582. The summed E-state index contributed by atoms with van der Waals surface area (Å²) in [5.74, 6) is -0.449. The number of likely N-dealkylation sites (N-methyl/N-ethyl adjacent to an activating group) is 1. The number of hydrogen-bond donors (Lipinski definition) is 3. The minimum Gasteiger partial charge on any atom is -0.347 e. The van der Waals surface area contributed by atoms with Crippen molar-refractivity contribution in [3.8, 4) is 0 Å². The van der Waals surface area contributed by atoms with E-state index in [9.17, 15) is 14.4 Å². The van der Waals surface area contributed by atoms with E-state index in [-0.39, 0.29) is 42.3 Å². The van der Waals surface area contributed by atoms with E-state index >= 15 is 0 Å². The molecule has 3 aromatic carbocycles. The molecule has 0 unspecified atom stereocenters. The molecule has 0 spiro atoms. The van der Waals surface area contributed by atoms with Crippen LogP contribution in [0.1, 0.15) is 66.6 Å². The molecular weight excluding hydrogens is 476 g/mol. The number of amides is 3. The van der Waals surface area contributed by atoms with Crippen LogP contribution >= 0.6 is 0 Å². The first kappa shape index (κ1) is 25.7. The second kappa shape index (κ2) is 11.2. The quantitative estimate of drug-likeness (QED) is 0.451. The number of fused-ring (bicyclic) bond motifs is 3. The SMILES string of the molecule is CN[C@@H](C)C(=O)N[C@@H]1CC(=O)N2[C@H](CC[C@H]2C(=O)NC(c2ccccc2)c2ccccc2)c2ccccc21. The molecule has 0 aliphatic carbocycles. The molecule has 3 N–H and O–H groups in total. The highest BCUT2D eigenvalue weighted by Crippen LogP contribution is 2.43. The largest absolute Gasteiger partial charge is 0.347 e. The van der Waals surface area contributed by atoms with Crippen molar-refractivity contribution in [2.75, 3.05) is 7.05 Å².